The number of hydrogen-bond donors (Lipinski definition) is 2. The molecule has 0 aliphatic carbocycles. The lowest BCUT2D eigenvalue weighted by molar-refractivity contribution is -0.122. The average Bonchev–Trinajstić information content (AvgIpc) is 2.43. The maximum atomic E-state index is 11.1. The fourth-order valence-electron chi connectivity index (χ4n) is 1.89. The van der Waals surface area contributed by atoms with Gasteiger partial charge in [0, 0.05) is 17.6 Å². The molecular formula is C15H19N3O2. The van der Waals surface area contributed by atoms with Gasteiger partial charge in [-0.2, -0.15) is 0 Å². The van der Waals surface area contributed by atoms with Gasteiger partial charge in [0.2, 0.25) is 5.91 Å². The van der Waals surface area contributed by atoms with Crippen LogP contribution in [0.3, 0.4) is 0 Å². The number of nitrogens with two attached hydrogens (primary N) is 2. The number of rotatable bonds is 6. The summed E-state index contributed by atoms with van der Waals surface area (Å²) in [6, 6.07) is 9.66. The third-order valence-electron chi connectivity index (χ3n) is 3.25. The van der Waals surface area contributed by atoms with E-state index in [-0.39, 0.29) is 0 Å². The summed E-state index contributed by atoms with van der Waals surface area (Å²) in [5.74, 6) is 0.265. The topological polar surface area (TPSA) is 91.2 Å². The molecule has 106 valence electrons. The summed E-state index contributed by atoms with van der Waals surface area (Å²) < 4.78 is 5.64. The van der Waals surface area contributed by atoms with Crippen molar-refractivity contribution in [1.82, 2.24) is 4.98 Å². The molecular weight excluding hydrogens is 254 g/mol. The summed E-state index contributed by atoms with van der Waals surface area (Å²) in [5, 5.41) is 1.07. The van der Waals surface area contributed by atoms with Gasteiger partial charge in [-0.05, 0) is 38.0 Å². The van der Waals surface area contributed by atoms with Crippen LogP contribution in [0, 0.1) is 0 Å². The largest absolute Gasteiger partial charge is 0.494 e. The van der Waals surface area contributed by atoms with Crippen molar-refractivity contribution in [1.29, 1.82) is 0 Å². The zero-order chi connectivity index (χ0) is 14.6. The Morgan fingerprint density at radius 3 is 2.95 bits per heavy atom. The number of benzene rings is 1. The third kappa shape index (κ3) is 3.45. The molecule has 0 bridgehead atoms. The van der Waals surface area contributed by atoms with Crippen LogP contribution in [-0.2, 0) is 4.79 Å². The fraction of sp³-hybridized carbons (Fsp3) is 0.333. The van der Waals surface area contributed by atoms with E-state index in [9.17, 15) is 4.79 Å². The predicted octanol–water partition coefficient (Wildman–Crippen LogP) is 1.60. The van der Waals surface area contributed by atoms with Crippen LogP contribution >= 0.6 is 0 Å². The molecule has 0 saturated carbocycles. The van der Waals surface area contributed by atoms with E-state index >= 15 is 0 Å². The molecule has 1 heterocycles. The Kier molecular flexibility index (Phi) is 4.20. The molecule has 5 heteroatoms. The smallest absolute Gasteiger partial charge is 0.237 e. The summed E-state index contributed by atoms with van der Waals surface area (Å²) in [6.45, 7) is 2.12. The van der Waals surface area contributed by atoms with Crippen molar-refractivity contribution in [2.24, 2.45) is 11.5 Å². The first-order chi connectivity index (χ1) is 9.49. The van der Waals surface area contributed by atoms with Crippen LogP contribution < -0.4 is 16.2 Å². The second kappa shape index (κ2) is 5.88. The lowest BCUT2D eigenvalue weighted by Gasteiger charge is -2.20. The highest BCUT2D eigenvalue weighted by Crippen LogP contribution is 2.19. The number of carbonyl (C=O) groups excluding carboxylic acids is 1. The minimum Gasteiger partial charge on any atom is -0.494 e. The zero-order valence-corrected chi connectivity index (χ0v) is 11.5. The van der Waals surface area contributed by atoms with Gasteiger partial charge in [-0.25, -0.2) is 0 Å². The lowest BCUT2D eigenvalue weighted by atomic mass is 9.97. The number of hydrogen-bond acceptors (Lipinski definition) is 4. The number of primary amides is 1. The highest BCUT2D eigenvalue weighted by atomic mass is 16.5. The summed E-state index contributed by atoms with van der Waals surface area (Å²) in [4.78, 5) is 15.4. The molecule has 1 amide bonds. The number of pyridine rings is 1. The Morgan fingerprint density at radius 2 is 2.20 bits per heavy atom. The Bertz CT molecular complexity index is 611. The number of carbonyl (C=O) groups is 1. The summed E-state index contributed by atoms with van der Waals surface area (Å²) >= 11 is 0. The van der Waals surface area contributed by atoms with Gasteiger partial charge >= 0.3 is 0 Å². The van der Waals surface area contributed by atoms with Gasteiger partial charge < -0.3 is 16.2 Å². The molecule has 2 aromatic rings. The van der Waals surface area contributed by atoms with E-state index in [0.29, 0.717) is 19.4 Å². The van der Waals surface area contributed by atoms with Gasteiger partial charge in [0.25, 0.3) is 0 Å². The number of ether oxygens (including phenoxy) is 1. The molecule has 1 atom stereocenters. The van der Waals surface area contributed by atoms with E-state index in [0.717, 1.165) is 16.7 Å². The van der Waals surface area contributed by atoms with Gasteiger partial charge in [0.05, 0.1) is 17.7 Å². The normalized spacial score (nSPS) is 13.9. The molecule has 0 spiro atoms. The highest BCUT2D eigenvalue weighted by molar-refractivity contribution is 5.83. The Labute approximate surface area is 117 Å². The lowest BCUT2D eigenvalue weighted by Crippen LogP contribution is -2.49. The van der Waals surface area contributed by atoms with Gasteiger partial charge in [-0.3, -0.25) is 9.78 Å². The first kappa shape index (κ1) is 14.3. The van der Waals surface area contributed by atoms with Gasteiger partial charge in [0.15, 0.2) is 0 Å². The SMILES string of the molecule is CC(N)(CCCOc1ccc2cccnc2c1)C(N)=O. The molecule has 0 fully saturated rings. The Hall–Kier alpha value is -2.14. The molecule has 20 heavy (non-hydrogen) atoms. The van der Waals surface area contributed by atoms with Crippen LogP contribution in [0.4, 0.5) is 0 Å². The van der Waals surface area contributed by atoms with Crippen LogP contribution in [0.25, 0.3) is 10.9 Å². The molecule has 5 nitrogen and oxygen atoms in total. The Morgan fingerprint density at radius 1 is 1.40 bits per heavy atom. The molecule has 1 unspecified atom stereocenters. The van der Waals surface area contributed by atoms with Crippen LogP contribution in [0.2, 0.25) is 0 Å². The standard InChI is InChI=1S/C15H19N3O2/c1-15(17,14(16)19)7-3-9-20-12-6-5-11-4-2-8-18-13(11)10-12/h2,4-6,8,10H,3,7,9,17H2,1H3,(H2,16,19). The molecule has 1 aromatic carbocycles. The first-order valence-electron chi connectivity index (χ1n) is 6.55. The zero-order valence-electron chi connectivity index (χ0n) is 11.5. The number of amides is 1. The van der Waals surface area contributed by atoms with Gasteiger partial charge in [-0.1, -0.05) is 6.07 Å². The van der Waals surface area contributed by atoms with Crippen LogP contribution in [0.5, 0.6) is 5.75 Å². The maximum Gasteiger partial charge on any atom is 0.237 e. The second-order valence-corrected chi connectivity index (χ2v) is 5.09. The molecule has 0 saturated heterocycles. The second-order valence-electron chi connectivity index (χ2n) is 5.09. The minimum atomic E-state index is -0.978. The summed E-state index contributed by atoms with van der Waals surface area (Å²) in [7, 11) is 0. The minimum absolute atomic E-state index is 0.485. The quantitative estimate of drug-likeness (QED) is 0.782. The molecule has 0 radical (unpaired) electrons. The predicted molar refractivity (Wildman–Crippen MR) is 78.3 cm³/mol. The van der Waals surface area contributed by atoms with Crippen molar-refractivity contribution in [2.45, 2.75) is 25.3 Å². The molecule has 0 aliphatic rings. The fourth-order valence-corrected chi connectivity index (χ4v) is 1.89. The van der Waals surface area contributed by atoms with Crippen LogP contribution in [0.15, 0.2) is 36.5 Å². The average molecular weight is 273 g/mol. The molecule has 4 N–H and O–H groups in total. The van der Waals surface area contributed by atoms with Gasteiger partial charge in [0.1, 0.15) is 5.75 Å². The highest BCUT2D eigenvalue weighted by Gasteiger charge is 2.24. The van der Waals surface area contributed by atoms with E-state index in [1.165, 1.54) is 0 Å². The van der Waals surface area contributed by atoms with Crippen LogP contribution in [0.1, 0.15) is 19.8 Å². The number of nitrogens with zero attached hydrogens (tertiary/aromatic N) is 1. The van der Waals surface area contributed by atoms with E-state index in [1.807, 2.05) is 30.3 Å². The van der Waals surface area contributed by atoms with Crippen molar-refractivity contribution in [3.63, 3.8) is 0 Å². The molecule has 2 rings (SSSR count). The van der Waals surface area contributed by atoms with Gasteiger partial charge in [-0.15, -0.1) is 0 Å². The summed E-state index contributed by atoms with van der Waals surface area (Å²) in [6.07, 6.45) is 2.91. The van der Waals surface area contributed by atoms with E-state index in [4.69, 9.17) is 16.2 Å². The number of aromatic nitrogens is 1. The van der Waals surface area contributed by atoms with E-state index in [1.54, 1.807) is 13.1 Å². The molecule has 1 aromatic heterocycles. The molecule has 0 aliphatic heterocycles. The maximum absolute atomic E-state index is 11.1. The van der Waals surface area contributed by atoms with E-state index in [2.05, 4.69) is 4.98 Å². The van der Waals surface area contributed by atoms with Crippen molar-refractivity contribution in [2.75, 3.05) is 6.61 Å². The van der Waals surface area contributed by atoms with Crippen LogP contribution in [-0.4, -0.2) is 23.0 Å². The van der Waals surface area contributed by atoms with Crippen molar-refractivity contribution >= 4 is 16.8 Å². The van der Waals surface area contributed by atoms with Crippen molar-refractivity contribution < 1.29 is 9.53 Å². The van der Waals surface area contributed by atoms with E-state index < -0.39 is 11.4 Å². The number of fused-ring (bicyclic) bond motifs is 1. The van der Waals surface area contributed by atoms with Crippen molar-refractivity contribution in [3.05, 3.63) is 36.5 Å². The third-order valence-corrected chi connectivity index (χ3v) is 3.25. The summed E-state index contributed by atoms with van der Waals surface area (Å²) in [5.41, 5.74) is 10.9. The first-order valence-corrected chi connectivity index (χ1v) is 6.55. The monoisotopic (exact) mass is 273 g/mol. The Balaban J connectivity index is 1.88. The van der Waals surface area contributed by atoms with Crippen molar-refractivity contribution in [3.8, 4) is 5.75 Å².